The summed E-state index contributed by atoms with van der Waals surface area (Å²) in [5, 5.41) is 2.74. The van der Waals surface area contributed by atoms with Gasteiger partial charge in [-0.25, -0.2) is 4.98 Å². The van der Waals surface area contributed by atoms with Crippen LogP contribution in [0.2, 0.25) is 0 Å². The number of amides is 1. The van der Waals surface area contributed by atoms with Crippen molar-refractivity contribution in [2.45, 2.75) is 19.3 Å². The monoisotopic (exact) mass is 442 g/mol. The number of likely N-dealkylation sites (N-methyl/N-ethyl adjacent to an activating group) is 1. The number of hydrogen-bond donors (Lipinski definition) is 1. The van der Waals surface area contributed by atoms with Crippen molar-refractivity contribution >= 4 is 22.9 Å². The van der Waals surface area contributed by atoms with Gasteiger partial charge in [-0.2, -0.15) is 13.2 Å². The minimum atomic E-state index is -4.48. The summed E-state index contributed by atoms with van der Waals surface area (Å²) in [7, 11) is 1.81. The number of benzene rings is 2. The Hall–Kier alpha value is -3.59. The maximum absolute atomic E-state index is 13.1. The number of hydrogen-bond acceptors (Lipinski definition) is 4. The fraction of sp³-hybridized carbons (Fsp3) is 0.217. The topological polar surface area (TPSA) is 63.3 Å². The van der Waals surface area contributed by atoms with Gasteiger partial charge in [-0.1, -0.05) is 30.3 Å². The second kappa shape index (κ2) is 8.88. The fourth-order valence-corrected chi connectivity index (χ4v) is 3.48. The maximum atomic E-state index is 13.1. The minimum Gasteiger partial charge on any atom is -0.467 e. The van der Waals surface area contributed by atoms with Crippen molar-refractivity contribution < 1.29 is 22.4 Å². The predicted octanol–water partition coefficient (Wildman–Crippen LogP) is 4.77. The van der Waals surface area contributed by atoms with Gasteiger partial charge in [0.15, 0.2) is 0 Å². The lowest BCUT2D eigenvalue weighted by Crippen LogP contribution is -2.30. The Morgan fingerprint density at radius 1 is 1.12 bits per heavy atom. The van der Waals surface area contributed by atoms with Crippen molar-refractivity contribution in [1.29, 1.82) is 0 Å². The standard InChI is InChI=1S/C23H21F3N4O2/c1-29(13-16-6-3-2-4-7-16)15-21(31)28-22-27-19-12-17(23(24,25)26)9-10-20(19)30(22)14-18-8-5-11-32-18/h2-12H,13-15H2,1H3,(H,27,28,31). The Kier molecular flexibility index (Phi) is 6.00. The summed E-state index contributed by atoms with van der Waals surface area (Å²) < 4.78 is 46.4. The summed E-state index contributed by atoms with van der Waals surface area (Å²) in [6, 6.07) is 16.5. The quantitative estimate of drug-likeness (QED) is 0.448. The predicted molar refractivity (Wildman–Crippen MR) is 114 cm³/mol. The summed E-state index contributed by atoms with van der Waals surface area (Å²) in [5.74, 6) is 0.421. The lowest BCUT2D eigenvalue weighted by molar-refractivity contribution is -0.137. The maximum Gasteiger partial charge on any atom is 0.416 e. The number of anilines is 1. The molecule has 0 aliphatic heterocycles. The number of aromatic nitrogens is 2. The van der Waals surface area contributed by atoms with Crippen LogP contribution in [0.15, 0.2) is 71.3 Å². The molecule has 0 spiro atoms. The molecule has 6 nitrogen and oxygen atoms in total. The third-order valence-corrected chi connectivity index (χ3v) is 4.93. The molecule has 0 aliphatic carbocycles. The van der Waals surface area contributed by atoms with Gasteiger partial charge in [0.1, 0.15) is 5.76 Å². The number of furan rings is 1. The first-order chi connectivity index (χ1) is 15.3. The number of rotatable bonds is 7. The van der Waals surface area contributed by atoms with Gasteiger partial charge in [-0.3, -0.25) is 15.0 Å². The molecule has 32 heavy (non-hydrogen) atoms. The highest BCUT2D eigenvalue weighted by atomic mass is 19.4. The van der Waals surface area contributed by atoms with Gasteiger partial charge in [-0.05, 0) is 42.9 Å². The second-order valence-electron chi connectivity index (χ2n) is 7.51. The zero-order valence-corrected chi connectivity index (χ0v) is 17.3. The average molecular weight is 442 g/mol. The summed E-state index contributed by atoms with van der Waals surface area (Å²) in [6.07, 6.45) is -2.98. The van der Waals surface area contributed by atoms with Crippen LogP contribution in [-0.4, -0.2) is 34.0 Å². The molecule has 0 fully saturated rings. The number of carbonyl (C=O) groups excluding carboxylic acids is 1. The molecule has 0 atom stereocenters. The second-order valence-corrected chi connectivity index (χ2v) is 7.51. The van der Waals surface area contributed by atoms with Crippen LogP contribution < -0.4 is 5.32 Å². The summed E-state index contributed by atoms with van der Waals surface area (Å²) in [5.41, 5.74) is 0.863. The van der Waals surface area contributed by atoms with Crippen molar-refractivity contribution in [3.8, 4) is 0 Å². The molecule has 1 amide bonds. The first-order valence-electron chi connectivity index (χ1n) is 9.92. The summed E-state index contributed by atoms with van der Waals surface area (Å²) in [4.78, 5) is 18.8. The van der Waals surface area contributed by atoms with Crippen molar-refractivity contribution in [3.63, 3.8) is 0 Å². The Morgan fingerprint density at radius 3 is 2.59 bits per heavy atom. The molecule has 9 heteroatoms. The van der Waals surface area contributed by atoms with Crippen LogP contribution >= 0.6 is 0 Å². The van der Waals surface area contributed by atoms with Gasteiger partial charge >= 0.3 is 6.18 Å². The van der Waals surface area contributed by atoms with Crippen LogP contribution in [-0.2, 0) is 24.1 Å². The molecule has 166 valence electrons. The van der Waals surface area contributed by atoms with E-state index in [0.717, 1.165) is 17.7 Å². The van der Waals surface area contributed by atoms with E-state index >= 15 is 0 Å². The fourth-order valence-electron chi connectivity index (χ4n) is 3.48. The SMILES string of the molecule is CN(CC(=O)Nc1nc2cc(C(F)(F)F)ccc2n1Cc1ccco1)Cc1ccccc1. The molecule has 0 radical (unpaired) electrons. The van der Waals surface area contributed by atoms with E-state index in [1.54, 1.807) is 16.7 Å². The Bertz CT molecular complexity index is 1200. The molecular formula is C23H21F3N4O2. The van der Waals surface area contributed by atoms with Crippen LogP contribution in [0.1, 0.15) is 16.9 Å². The van der Waals surface area contributed by atoms with Gasteiger partial charge in [0, 0.05) is 6.54 Å². The molecule has 2 heterocycles. The van der Waals surface area contributed by atoms with E-state index in [1.807, 2.05) is 42.3 Å². The highest BCUT2D eigenvalue weighted by molar-refractivity contribution is 5.93. The zero-order chi connectivity index (χ0) is 22.7. The van der Waals surface area contributed by atoms with Gasteiger partial charge in [0.25, 0.3) is 0 Å². The molecule has 4 rings (SSSR count). The van der Waals surface area contributed by atoms with E-state index in [-0.39, 0.29) is 30.5 Å². The molecule has 0 saturated heterocycles. The number of fused-ring (bicyclic) bond motifs is 1. The van der Waals surface area contributed by atoms with Gasteiger partial charge in [0.2, 0.25) is 11.9 Å². The average Bonchev–Trinajstić information content (AvgIpc) is 3.36. The van der Waals surface area contributed by atoms with Gasteiger partial charge < -0.3 is 8.98 Å². The lowest BCUT2D eigenvalue weighted by atomic mass is 10.2. The van der Waals surface area contributed by atoms with Crippen molar-refractivity contribution in [1.82, 2.24) is 14.5 Å². The van der Waals surface area contributed by atoms with Crippen LogP contribution in [0.5, 0.6) is 0 Å². The Balaban J connectivity index is 1.57. The van der Waals surface area contributed by atoms with E-state index in [2.05, 4.69) is 10.3 Å². The van der Waals surface area contributed by atoms with E-state index in [9.17, 15) is 18.0 Å². The largest absolute Gasteiger partial charge is 0.467 e. The summed E-state index contributed by atoms with van der Waals surface area (Å²) in [6.45, 7) is 0.878. The van der Waals surface area contributed by atoms with E-state index in [0.29, 0.717) is 17.8 Å². The lowest BCUT2D eigenvalue weighted by Gasteiger charge is -2.16. The van der Waals surface area contributed by atoms with Crippen LogP contribution in [0.25, 0.3) is 11.0 Å². The van der Waals surface area contributed by atoms with E-state index in [4.69, 9.17) is 4.42 Å². The zero-order valence-electron chi connectivity index (χ0n) is 17.3. The van der Waals surface area contributed by atoms with E-state index in [1.165, 1.54) is 12.3 Å². The van der Waals surface area contributed by atoms with E-state index < -0.39 is 11.7 Å². The summed E-state index contributed by atoms with van der Waals surface area (Å²) >= 11 is 0. The van der Waals surface area contributed by atoms with Crippen molar-refractivity contribution in [2.75, 3.05) is 18.9 Å². The number of nitrogens with one attached hydrogen (secondary N) is 1. The number of carbonyl (C=O) groups is 1. The Labute approximate surface area is 182 Å². The molecular weight excluding hydrogens is 421 g/mol. The normalized spacial score (nSPS) is 11.9. The highest BCUT2D eigenvalue weighted by Gasteiger charge is 2.31. The minimum absolute atomic E-state index is 0.0899. The van der Waals surface area contributed by atoms with Gasteiger partial charge in [-0.15, -0.1) is 0 Å². The first-order valence-corrected chi connectivity index (χ1v) is 9.92. The molecule has 2 aromatic heterocycles. The number of nitrogens with zero attached hydrogens (tertiary/aromatic N) is 3. The number of imidazole rings is 1. The van der Waals surface area contributed by atoms with Crippen LogP contribution in [0.3, 0.4) is 0 Å². The molecule has 0 saturated carbocycles. The third-order valence-electron chi connectivity index (χ3n) is 4.93. The molecule has 0 aliphatic rings. The number of alkyl halides is 3. The van der Waals surface area contributed by atoms with Crippen LogP contribution in [0, 0.1) is 0 Å². The van der Waals surface area contributed by atoms with Crippen molar-refractivity contribution in [3.05, 3.63) is 83.8 Å². The Morgan fingerprint density at radius 2 is 1.91 bits per heavy atom. The van der Waals surface area contributed by atoms with Crippen LogP contribution in [0.4, 0.5) is 19.1 Å². The molecule has 2 aromatic carbocycles. The molecule has 4 aromatic rings. The molecule has 1 N–H and O–H groups in total. The highest BCUT2D eigenvalue weighted by Crippen LogP contribution is 2.32. The van der Waals surface area contributed by atoms with Gasteiger partial charge in [0.05, 0.1) is 35.9 Å². The smallest absolute Gasteiger partial charge is 0.416 e. The van der Waals surface area contributed by atoms with Crippen molar-refractivity contribution in [2.24, 2.45) is 0 Å². The molecule has 0 unspecified atom stereocenters. The first kappa shape index (κ1) is 21.6. The third kappa shape index (κ3) is 5.00. The number of halogens is 3. The molecule has 0 bridgehead atoms.